The number of nitriles is 1. The van der Waals surface area contributed by atoms with E-state index in [2.05, 4.69) is 16.7 Å². The maximum absolute atomic E-state index is 12.4. The fourth-order valence-electron chi connectivity index (χ4n) is 3.10. The second-order valence-electron chi connectivity index (χ2n) is 6.67. The maximum Gasteiger partial charge on any atom is 0.323 e. The first-order chi connectivity index (χ1) is 11.9. The van der Waals surface area contributed by atoms with Gasteiger partial charge in [0.1, 0.15) is 0 Å². The molecule has 0 bridgehead atoms. The van der Waals surface area contributed by atoms with Crippen LogP contribution in [-0.2, 0) is 6.42 Å². The molecule has 2 amide bonds. The van der Waals surface area contributed by atoms with Crippen LogP contribution in [0.3, 0.4) is 0 Å². The third-order valence-corrected chi connectivity index (χ3v) is 4.55. The van der Waals surface area contributed by atoms with Crippen LogP contribution < -0.4 is 10.6 Å². The molecular formula is C20H18ClN3O. The predicted molar refractivity (Wildman–Crippen MR) is 100 cm³/mol. The van der Waals surface area contributed by atoms with Crippen LogP contribution in [0.5, 0.6) is 0 Å². The van der Waals surface area contributed by atoms with E-state index in [1.54, 1.807) is 24.3 Å². The van der Waals surface area contributed by atoms with Gasteiger partial charge < -0.3 is 10.6 Å². The highest BCUT2D eigenvalue weighted by molar-refractivity contribution is 6.30. The van der Waals surface area contributed by atoms with Gasteiger partial charge in [-0.15, -0.1) is 0 Å². The standard InChI is InChI=1S/C20H18ClN3O/c1-20(2)11-13-5-3-4-6-16(13)18(17(20)12-22)24-19(25)23-15-9-7-14(21)8-10-15/h3-10H,11H2,1-2H3,(H2,23,24,25). The zero-order valence-corrected chi connectivity index (χ0v) is 14.8. The van der Waals surface area contributed by atoms with Crippen LogP contribution in [0.15, 0.2) is 54.1 Å². The van der Waals surface area contributed by atoms with Gasteiger partial charge in [0.2, 0.25) is 0 Å². The minimum atomic E-state index is -0.391. The van der Waals surface area contributed by atoms with Gasteiger partial charge in [-0.1, -0.05) is 49.7 Å². The number of amides is 2. The van der Waals surface area contributed by atoms with Gasteiger partial charge in [0.25, 0.3) is 0 Å². The normalized spacial score (nSPS) is 15.1. The number of anilines is 1. The second kappa shape index (κ2) is 6.62. The molecule has 0 heterocycles. The van der Waals surface area contributed by atoms with Crippen LogP contribution in [0.2, 0.25) is 5.02 Å². The van der Waals surface area contributed by atoms with E-state index in [9.17, 15) is 10.1 Å². The smallest absolute Gasteiger partial charge is 0.308 e. The molecule has 2 N–H and O–H groups in total. The van der Waals surface area contributed by atoms with Crippen LogP contribution >= 0.6 is 11.6 Å². The Morgan fingerprint density at radius 2 is 1.80 bits per heavy atom. The Kier molecular flexibility index (Phi) is 4.52. The van der Waals surface area contributed by atoms with E-state index in [1.807, 2.05) is 38.1 Å². The number of halogens is 1. The molecule has 4 nitrogen and oxygen atoms in total. The van der Waals surface area contributed by atoms with E-state index in [4.69, 9.17) is 11.6 Å². The summed E-state index contributed by atoms with van der Waals surface area (Å²) in [5.41, 5.74) is 3.45. The van der Waals surface area contributed by atoms with Crippen molar-refractivity contribution in [3.8, 4) is 6.07 Å². The number of allylic oxidation sites excluding steroid dienone is 1. The van der Waals surface area contributed by atoms with Gasteiger partial charge in [-0.25, -0.2) is 4.79 Å². The van der Waals surface area contributed by atoms with Gasteiger partial charge in [-0.3, -0.25) is 0 Å². The number of carbonyl (C=O) groups excluding carboxylic acids is 1. The third kappa shape index (κ3) is 3.52. The van der Waals surface area contributed by atoms with Crippen molar-refractivity contribution in [1.29, 1.82) is 5.26 Å². The van der Waals surface area contributed by atoms with Crippen molar-refractivity contribution < 1.29 is 4.79 Å². The van der Waals surface area contributed by atoms with Crippen LogP contribution in [-0.4, -0.2) is 6.03 Å². The third-order valence-electron chi connectivity index (χ3n) is 4.30. The van der Waals surface area contributed by atoms with E-state index in [-0.39, 0.29) is 5.41 Å². The molecule has 2 aromatic rings. The first kappa shape index (κ1) is 17.1. The molecule has 0 aromatic heterocycles. The monoisotopic (exact) mass is 351 g/mol. The van der Waals surface area contributed by atoms with Gasteiger partial charge in [-0.2, -0.15) is 5.26 Å². The summed E-state index contributed by atoms with van der Waals surface area (Å²) in [6.07, 6.45) is 0.760. The predicted octanol–water partition coefficient (Wildman–Crippen LogP) is 4.98. The second-order valence-corrected chi connectivity index (χ2v) is 7.10. The highest BCUT2D eigenvalue weighted by atomic mass is 35.5. The summed E-state index contributed by atoms with van der Waals surface area (Å²) >= 11 is 5.86. The molecule has 0 radical (unpaired) electrons. The minimum absolute atomic E-state index is 0.341. The number of urea groups is 1. The summed E-state index contributed by atoms with van der Waals surface area (Å²) in [5, 5.41) is 15.9. The van der Waals surface area contributed by atoms with Crippen LogP contribution in [0, 0.1) is 16.7 Å². The van der Waals surface area contributed by atoms with Crippen molar-refractivity contribution in [3.63, 3.8) is 0 Å². The van der Waals surface area contributed by atoms with Crippen LogP contribution in [0.1, 0.15) is 25.0 Å². The average Bonchev–Trinajstić information content (AvgIpc) is 2.56. The lowest BCUT2D eigenvalue weighted by atomic mass is 9.72. The summed E-state index contributed by atoms with van der Waals surface area (Å²) in [4.78, 5) is 12.4. The van der Waals surface area contributed by atoms with Gasteiger partial charge in [-0.05, 0) is 36.2 Å². The fraction of sp³-hybridized carbons (Fsp3) is 0.200. The Labute approximate surface area is 152 Å². The fourth-order valence-corrected chi connectivity index (χ4v) is 3.23. The van der Waals surface area contributed by atoms with E-state index in [0.717, 1.165) is 17.5 Å². The number of nitrogens with zero attached hydrogens (tertiary/aromatic N) is 1. The van der Waals surface area contributed by atoms with Gasteiger partial charge >= 0.3 is 6.03 Å². The van der Waals surface area contributed by atoms with Crippen molar-refractivity contribution >= 4 is 29.0 Å². The van der Waals surface area contributed by atoms with Crippen molar-refractivity contribution in [2.24, 2.45) is 5.41 Å². The molecule has 0 fully saturated rings. The molecule has 1 aliphatic rings. The minimum Gasteiger partial charge on any atom is -0.308 e. The molecule has 0 saturated carbocycles. The molecule has 5 heteroatoms. The highest BCUT2D eigenvalue weighted by Gasteiger charge is 2.34. The molecule has 0 spiro atoms. The summed E-state index contributed by atoms with van der Waals surface area (Å²) in [7, 11) is 0. The molecule has 0 atom stereocenters. The van der Waals surface area contributed by atoms with Crippen molar-refractivity contribution in [1.82, 2.24) is 5.32 Å². The molecule has 3 rings (SSSR count). The molecule has 25 heavy (non-hydrogen) atoms. The molecule has 126 valence electrons. The quantitative estimate of drug-likeness (QED) is 0.801. The molecule has 0 saturated heterocycles. The number of benzene rings is 2. The number of fused-ring (bicyclic) bond motifs is 1. The highest BCUT2D eigenvalue weighted by Crippen LogP contribution is 2.41. The van der Waals surface area contributed by atoms with Crippen molar-refractivity contribution in [3.05, 3.63) is 70.3 Å². The van der Waals surface area contributed by atoms with Gasteiger partial charge in [0.05, 0.1) is 17.3 Å². The zero-order valence-electron chi connectivity index (χ0n) is 14.1. The number of carbonyl (C=O) groups is 1. The lowest BCUT2D eigenvalue weighted by molar-refractivity contribution is 0.255. The molecule has 0 aliphatic heterocycles. The number of rotatable bonds is 2. The largest absolute Gasteiger partial charge is 0.323 e. The summed E-state index contributed by atoms with van der Waals surface area (Å²) in [5.74, 6) is 0. The van der Waals surface area contributed by atoms with Crippen LogP contribution in [0.25, 0.3) is 5.70 Å². The summed E-state index contributed by atoms with van der Waals surface area (Å²) in [6.45, 7) is 4.03. The molecule has 1 aliphatic carbocycles. The maximum atomic E-state index is 12.4. The summed E-state index contributed by atoms with van der Waals surface area (Å²) < 4.78 is 0. The Bertz CT molecular complexity index is 892. The Balaban J connectivity index is 1.92. The van der Waals surface area contributed by atoms with E-state index in [1.165, 1.54) is 0 Å². The lowest BCUT2D eigenvalue weighted by Gasteiger charge is -2.33. The lowest BCUT2D eigenvalue weighted by Crippen LogP contribution is -2.34. The Morgan fingerprint density at radius 3 is 2.48 bits per heavy atom. The number of nitrogens with one attached hydrogen (secondary N) is 2. The first-order valence-electron chi connectivity index (χ1n) is 7.97. The number of hydrogen-bond donors (Lipinski definition) is 2. The first-order valence-corrected chi connectivity index (χ1v) is 8.35. The van der Waals surface area contributed by atoms with Crippen LogP contribution in [0.4, 0.5) is 10.5 Å². The SMILES string of the molecule is CC1(C)Cc2ccccc2C(NC(=O)Nc2ccc(Cl)cc2)=C1C#N. The van der Waals surface area contributed by atoms with Gasteiger partial charge in [0, 0.05) is 21.7 Å². The van der Waals surface area contributed by atoms with Crippen molar-refractivity contribution in [2.45, 2.75) is 20.3 Å². The Morgan fingerprint density at radius 1 is 1.12 bits per heavy atom. The summed E-state index contributed by atoms with van der Waals surface area (Å²) in [6, 6.07) is 16.6. The molecule has 0 unspecified atom stereocenters. The van der Waals surface area contributed by atoms with E-state index < -0.39 is 6.03 Å². The topological polar surface area (TPSA) is 64.9 Å². The Hall–Kier alpha value is -2.77. The number of hydrogen-bond acceptors (Lipinski definition) is 2. The van der Waals surface area contributed by atoms with E-state index in [0.29, 0.717) is 22.0 Å². The van der Waals surface area contributed by atoms with E-state index >= 15 is 0 Å². The molecule has 2 aromatic carbocycles. The van der Waals surface area contributed by atoms with Gasteiger partial charge in [0.15, 0.2) is 0 Å². The van der Waals surface area contributed by atoms with Crippen molar-refractivity contribution in [2.75, 3.05) is 5.32 Å². The molecular weight excluding hydrogens is 334 g/mol. The average molecular weight is 352 g/mol. The zero-order chi connectivity index (χ0) is 18.0.